The van der Waals surface area contributed by atoms with Gasteiger partial charge >= 0.3 is 6.18 Å². The van der Waals surface area contributed by atoms with Gasteiger partial charge in [0.05, 0.1) is 5.56 Å². The molecule has 1 saturated heterocycles. The predicted molar refractivity (Wildman–Crippen MR) is 94.5 cm³/mol. The van der Waals surface area contributed by atoms with Gasteiger partial charge in [0.2, 0.25) is 0 Å². The highest BCUT2D eigenvalue weighted by Gasteiger charge is 2.34. The Hall–Kier alpha value is -1.11. The van der Waals surface area contributed by atoms with Crippen LogP contribution in [0.2, 0.25) is 0 Å². The van der Waals surface area contributed by atoms with Crippen molar-refractivity contribution in [1.82, 2.24) is 10.2 Å². The number of piperazine rings is 1. The van der Waals surface area contributed by atoms with Crippen molar-refractivity contribution in [2.24, 2.45) is 0 Å². The molecule has 1 N–H and O–H groups in total. The third-order valence-corrected chi connectivity index (χ3v) is 4.41. The first-order valence-electron chi connectivity index (χ1n) is 8.36. The summed E-state index contributed by atoms with van der Waals surface area (Å²) in [5.74, 6) is -1.19. The lowest BCUT2D eigenvalue weighted by Gasteiger charge is -2.35. The van der Waals surface area contributed by atoms with Crippen LogP contribution in [0, 0.1) is 5.82 Å². The number of benzene rings is 1. The Bertz CT molecular complexity index is 542. The summed E-state index contributed by atoms with van der Waals surface area (Å²) >= 11 is 0. The topological polar surface area (TPSA) is 15.3 Å². The second-order valence-corrected chi connectivity index (χ2v) is 6.11. The Balaban J connectivity index is 0.00000312. The molecule has 7 heteroatoms. The Morgan fingerprint density at radius 2 is 1.88 bits per heavy atom. The second-order valence-electron chi connectivity index (χ2n) is 6.11. The summed E-state index contributed by atoms with van der Waals surface area (Å²) in [5, 5.41) is 3.26. The number of rotatable bonds is 7. The Morgan fingerprint density at radius 3 is 2.44 bits per heavy atom. The van der Waals surface area contributed by atoms with Gasteiger partial charge < -0.3 is 5.32 Å². The minimum absolute atomic E-state index is 0. The van der Waals surface area contributed by atoms with Crippen molar-refractivity contribution in [3.05, 3.63) is 47.8 Å². The number of nitrogens with zero attached hydrogens (tertiary/aromatic N) is 1. The average molecular weight is 381 g/mol. The second kappa shape index (κ2) is 10.1. The van der Waals surface area contributed by atoms with Crippen molar-refractivity contribution >= 4 is 12.4 Å². The van der Waals surface area contributed by atoms with Crippen LogP contribution >= 0.6 is 12.4 Å². The first-order valence-corrected chi connectivity index (χ1v) is 8.36. The third kappa shape index (κ3) is 6.28. The highest BCUT2D eigenvalue weighted by molar-refractivity contribution is 5.85. The van der Waals surface area contributed by atoms with Crippen molar-refractivity contribution in [2.75, 3.05) is 26.2 Å². The molecule has 142 valence electrons. The van der Waals surface area contributed by atoms with Gasteiger partial charge in [-0.1, -0.05) is 18.6 Å². The molecule has 1 heterocycles. The van der Waals surface area contributed by atoms with E-state index in [4.69, 9.17) is 0 Å². The van der Waals surface area contributed by atoms with Gasteiger partial charge in [0, 0.05) is 32.2 Å². The Labute approximate surface area is 152 Å². The Kier molecular flexibility index (Phi) is 8.89. The SMILES string of the molecule is C=CCCCC[C@H](c1ccc(C(F)(F)F)c(F)c1)N1CCNCC1.Cl. The van der Waals surface area contributed by atoms with Gasteiger partial charge in [-0.05, 0) is 37.0 Å². The van der Waals surface area contributed by atoms with Crippen molar-refractivity contribution in [3.63, 3.8) is 0 Å². The van der Waals surface area contributed by atoms with E-state index < -0.39 is 17.6 Å². The molecule has 2 nitrogen and oxygen atoms in total. The fourth-order valence-electron chi connectivity index (χ4n) is 3.15. The van der Waals surface area contributed by atoms with E-state index in [2.05, 4.69) is 16.8 Å². The highest BCUT2D eigenvalue weighted by atomic mass is 35.5. The largest absolute Gasteiger partial charge is 0.419 e. The number of allylic oxidation sites excluding steroid dienone is 1. The van der Waals surface area contributed by atoms with Gasteiger partial charge in [-0.3, -0.25) is 4.90 Å². The van der Waals surface area contributed by atoms with Crippen molar-refractivity contribution in [1.29, 1.82) is 0 Å². The molecule has 0 bridgehead atoms. The molecule has 0 aromatic heterocycles. The van der Waals surface area contributed by atoms with E-state index >= 15 is 0 Å². The third-order valence-electron chi connectivity index (χ3n) is 4.41. The Morgan fingerprint density at radius 1 is 1.20 bits per heavy atom. The number of hydrogen-bond donors (Lipinski definition) is 1. The lowest BCUT2D eigenvalue weighted by molar-refractivity contribution is -0.140. The summed E-state index contributed by atoms with van der Waals surface area (Å²) in [6.07, 6.45) is 0.835. The number of alkyl halides is 3. The molecule has 0 saturated carbocycles. The average Bonchev–Trinajstić information content (AvgIpc) is 2.54. The molecule has 0 amide bonds. The minimum atomic E-state index is -4.66. The standard InChI is InChI=1S/C18H24F4N2.ClH/c1-2-3-4-5-6-17(24-11-9-23-10-12-24)14-7-8-15(16(19)13-14)18(20,21)22;/h2,7-8,13,17,23H,1,3-6,9-12H2;1H/t17-;/m1./s1. The molecule has 1 atom stereocenters. The van der Waals surface area contributed by atoms with Gasteiger partial charge in [0.25, 0.3) is 0 Å². The first kappa shape index (κ1) is 21.9. The molecule has 25 heavy (non-hydrogen) atoms. The van der Waals surface area contributed by atoms with E-state index in [0.717, 1.165) is 64.0 Å². The zero-order valence-electron chi connectivity index (χ0n) is 14.1. The maximum atomic E-state index is 14.0. The number of unbranched alkanes of at least 4 members (excludes halogenated alkanes) is 2. The molecule has 0 radical (unpaired) electrons. The fraction of sp³-hybridized carbons (Fsp3) is 0.556. The van der Waals surface area contributed by atoms with Crippen LogP contribution in [0.5, 0.6) is 0 Å². The van der Waals surface area contributed by atoms with E-state index in [1.165, 1.54) is 6.07 Å². The maximum absolute atomic E-state index is 14.0. The number of halogens is 5. The van der Waals surface area contributed by atoms with Crippen molar-refractivity contribution in [3.8, 4) is 0 Å². The van der Waals surface area contributed by atoms with Crippen molar-refractivity contribution < 1.29 is 17.6 Å². The molecular weight excluding hydrogens is 356 g/mol. The van der Waals surface area contributed by atoms with Gasteiger partial charge in [-0.25, -0.2) is 4.39 Å². The van der Waals surface area contributed by atoms with Crippen LogP contribution in [0.15, 0.2) is 30.9 Å². The van der Waals surface area contributed by atoms with E-state index in [1.54, 1.807) is 0 Å². The summed E-state index contributed by atoms with van der Waals surface area (Å²) in [7, 11) is 0. The van der Waals surface area contributed by atoms with Gasteiger partial charge in [-0.2, -0.15) is 13.2 Å². The fourth-order valence-corrected chi connectivity index (χ4v) is 3.15. The van der Waals surface area contributed by atoms with Gasteiger partial charge in [-0.15, -0.1) is 19.0 Å². The van der Waals surface area contributed by atoms with E-state index in [1.807, 2.05) is 6.08 Å². The first-order chi connectivity index (χ1) is 11.4. The van der Waals surface area contributed by atoms with Crippen LogP contribution in [0.3, 0.4) is 0 Å². The molecule has 1 aromatic rings. The molecule has 2 rings (SSSR count). The monoisotopic (exact) mass is 380 g/mol. The zero-order chi connectivity index (χ0) is 17.6. The molecule has 0 spiro atoms. The van der Waals surface area contributed by atoms with Gasteiger partial charge in [0.1, 0.15) is 5.82 Å². The van der Waals surface area contributed by atoms with Crippen LogP contribution in [0.25, 0.3) is 0 Å². The quantitative estimate of drug-likeness (QED) is 0.408. The predicted octanol–water partition coefficient (Wildman–Crippen LogP) is 4.96. The number of nitrogens with one attached hydrogen (secondary N) is 1. The summed E-state index contributed by atoms with van der Waals surface area (Å²) in [6, 6.07) is 3.30. The van der Waals surface area contributed by atoms with Crippen LogP contribution in [0.1, 0.15) is 42.9 Å². The summed E-state index contributed by atoms with van der Waals surface area (Å²) in [6.45, 7) is 7.00. The molecule has 0 unspecified atom stereocenters. The minimum Gasteiger partial charge on any atom is -0.314 e. The van der Waals surface area contributed by atoms with E-state index in [9.17, 15) is 17.6 Å². The van der Waals surface area contributed by atoms with E-state index in [0.29, 0.717) is 5.56 Å². The van der Waals surface area contributed by atoms with E-state index in [-0.39, 0.29) is 18.4 Å². The normalized spacial score (nSPS) is 17.0. The van der Waals surface area contributed by atoms with Crippen LogP contribution in [0.4, 0.5) is 17.6 Å². The summed E-state index contributed by atoms with van der Waals surface area (Å²) < 4.78 is 52.2. The lowest BCUT2D eigenvalue weighted by Crippen LogP contribution is -2.45. The van der Waals surface area contributed by atoms with Gasteiger partial charge in [0.15, 0.2) is 0 Å². The molecule has 1 aliphatic heterocycles. The summed E-state index contributed by atoms with van der Waals surface area (Å²) in [5.41, 5.74) is -0.571. The molecular formula is C18H25ClF4N2. The zero-order valence-corrected chi connectivity index (χ0v) is 14.9. The highest BCUT2D eigenvalue weighted by Crippen LogP contribution is 2.34. The molecule has 0 aliphatic carbocycles. The van der Waals surface area contributed by atoms with Crippen LogP contribution in [-0.4, -0.2) is 31.1 Å². The lowest BCUT2D eigenvalue weighted by atomic mass is 9.96. The van der Waals surface area contributed by atoms with Crippen molar-refractivity contribution in [2.45, 2.75) is 37.9 Å². The van der Waals surface area contributed by atoms with Crippen LogP contribution in [-0.2, 0) is 6.18 Å². The molecule has 1 aromatic carbocycles. The molecule has 1 fully saturated rings. The maximum Gasteiger partial charge on any atom is 0.419 e. The summed E-state index contributed by atoms with van der Waals surface area (Å²) in [4.78, 5) is 2.23. The van der Waals surface area contributed by atoms with Crippen LogP contribution < -0.4 is 5.32 Å². The molecule has 1 aliphatic rings. The smallest absolute Gasteiger partial charge is 0.314 e. The number of hydrogen-bond acceptors (Lipinski definition) is 2.